The molecule has 0 saturated carbocycles. The number of carbonyl (C=O) groups excluding carboxylic acids is 2. The molecule has 3 aliphatic heterocycles. The molecule has 5 aromatic rings. The number of rotatable bonds is 7. The van der Waals surface area contributed by atoms with E-state index in [9.17, 15) is 0 Å². The maximum Gasteiger partial charge on any atom is 0.348 e. The molecule has 3 aliphatic rings. The molecule has 0 fully saturated rings. The zero-order valence-electron chi connectivity index (χ0n) is 28.3. The van der Waals surface area contributed by atoms with Crippen LogP contribution >= 0.6 is 27.7 Å². The predicted molar refractivity (Wildman–Crippen MR) is 203 cm³/mol. The Morgan fingerprint density at radius 1 is 0.800 bits per heavy atom. The zero-order valence-corrected chi connectivity index (χ0v) is 30.7. The number of ether oxygens (including phenoxy) is 2. The Labute approximate surface area is 305 Å². The minimum Gasteiger partial charge on any atom is -0.463 e. The Morgan fingerprint density at radius 3 is 2.04 bits per heavy atom. The fraction of sp³-hybridized carbons (Fsp3) is 0.209. The second-order valence-electron chi connectivity index (χ2n) is 12.9. The maximum absolute atomic E-state index is 15.5. The summed E-state index contributed by atoms with van der Waals surface area (Å²) < 4.78 is 13.7. The van der Waals surface area contributed by atoms with E-state index in [2.05, 4.69) is 78.0 Å². The molecule has 0 aliphatic carbocycles. The molecular formula is C43H36BrNO4S. The van der Waals surface area contributed by atoms with Crippen molar-refractivity contribution >= 4 is 50.2 Å². The predicted octanol–water partition coefficient (Wildman–Crippen LogP) is 10.0. The van der Waals surface area contributed by atoms with E-state index in [1.807, 2.05) is 72.8 Å². The summed E-state index contributed by atoms with van der Waals surface area (Å²) in [5, 5.41) is 1.80. The molecule has 2 atom stereocenters. The second-order valence-corrected chi connectivity index (χ2v) is 15.2. The van der Waals surface area contributed by atoms with Gasteiger partial charge in [0.1, 0.15) is 4.75 Å². The highest BCUT2D eigenvalue weighted by molar-refractivity contribution is 9.10. The molecule has 0 unspecified atom stereocenters. The number of allylic oxidation sites excluding steroid dienone is 2. The van der Waals surface area contributed by atoms with Gasteiger partial charge in [0.15, 0.2) is 11.4 Å². The summed E-state index contributed by atoms with van der Waals surface area (Å²) in [5.74, 6) is -0.864. The number of hydrogen-bond acceptors (Lipinski definition) is 6. The average Bonchev–Trinajstić information content (AvgIpc) is 3.62. The Kier molecular flexibility index (Phi) is 7.94. The van der Waals surface area contributed by atoms with Gasteiger partial charge in [0.05, 0.1) is 17.9 Å². The van der Waals surface area contributed by atoms with Crippen LogP contribution in [0.5, 0.6) is 0 Å². The van der Waals surface area contributed by atoms with Gasteiger partial charge in [0.25, 0.3) is 0 Å². The first-order chi connectivity index (χ1) is 24.3. The number of halogens is 1. The normalized spacial score (nSPS) is 22.0. The van der Waals surface area contributed by atoms with E-state index < -0.39 is 21.9 Å². The molecule has 0 amide bonds. The number of thioether (sulfide) groups is 1. The first-order valence-electron chi connectivity index (χ1n) is 17.0. The number of likely N-dealkylation sites (N-methyl/N-ethyl adjacent to an activating group) is 1. The molecule has 5 nitrogen and oxygen atoms in total. The summed E-state index contributed by atoms with van der Waals surface area (Å²) in [6.45, 7) is 8.80. The molecule has 3 heterocycles. The third-order valence-corrected chi connectivity index (χ3v) is 12.6. The summed E-state index contributed by atoms with van der Waals surface area (Å²) >= 11 is 5.27. The van der Waals surface area contributed by atoms with Crippen molar-refractivity contribution in [2.45, 2.75) is 43.6 Å². The molecule has 0 saturated heterocycles. The summed E-state index contributed by atoms with van der Waals surface area (Å²) in [6.07, 6.45) is 0. The van der Waals surface area contributed by atoms with Gasteiger partial charge in [-0.15, -0.1) is 11.8 Å². The van der Waals surface area contributed by atoms with Crippen molar-refractivity contribution in [3.63, 3.8) is 0 Å². The third-order valence-electron chi connectivity index (χ3n) is 10.4. The molecule has 2 bridgehead atoms. The highest BCUT2D eigenvalue weighted by Crippen LogP contribution is 2.75. The van der Waals surface area contributed by atoms with E-state index in [0.29, 0.717) is 28.9 Å². The van der Waals surface area contributed by atoms with Crippen LogP contribution in [0.1, 0.15) is 60.3 Å². The fourth-order valence-electron chi connectivity index (χ4n) is 8.38. The molecule has 5 aromatic carbocycles. The Bertz CT molecular complexity index is 2210. The van der Waals surface area contributed by atoms with Crippen molar-refractivity contribution in [1.82, 2.24) is 4.90 Å². The summed E-state index contributed by atoms with van der Waals surface area (Å²) in [4.78, 5) is 33.9. The maximum atomic E-state index is 15.5. The van der Waals surface area contributed by atoms with Gasteiger partial charge in [-0.25, -0.2) is 4.79 Å². The summed E-state index contributed by atoms with van der Waals surface area (Å²) in [5.41, 5.74) is 2.74. The minimum absolute atomic E-state index is 0.124. The van der Waals surface area contributed by atoms with Crippen molar-refractivity contribution in [3.05, 3.63) is 175 Å². The average molecular weight is 743 g/mol. The first kappa shape index (κ1) is 32.8. The van der Waals surface area contributed by atoms with Crippen molar-refractivity contribution in [1.29, 1.82) is 0 Å². The van der Waals surface area contributed by atoms with Crippen LogP contribution in [0.3, 0.4) is 0 Å². The van der Waals surface area contributed by atoms with E-state index in [-0.39, 0.29) is 12.4 Å². The monoisotopic (exact) mass is 741 g/mol. The number of carbonyl (C=O) groups is 2. The van der Waals surface area contributed by atoms with Crippen LogP contribution in [0.2, 0.25) is 0 Å². The molecule has 0 radical (unpaired) electrons. The van der Waals surface area contributed by atoms with Crippen LogP contribution in [-0.2, 0) is 30.2 Å². The number of ketones is 1. The van der Waals surface area contributed by atoms with Crippen LogP contribution in [0.4, 0.5) is 0 Å². The molecule has 8 rings (SSSR count). The minimum atomic E-state index is -1.86. The van der Waals surface area contributed by atoms with Crippen LogP contribution in [0, 0.1) is 0 Å². The summed E-state index contributed by atoms with van der Waals surface area (Å²) in [7, 11) is 0. The zero-order chi connectivity index (χ0) is 34.8. The van der Waals surface area contributed by atoms with Gasteiger partial charge in [-0.3, -0.25) is 4.79 Å². The lowest BCUT2D eigenvalue weighted by Gasteiger charge is -2.49. The lowest BCUT2D eigenvalue weighted by Crippen LogP contribution is -2.51. The van der Waals surface area contributed by atoms with Gasteiger partial charge in [-0.1, -0.05) is 113 Å². The van der Waals surface area contributed by atoms with Crippen molar-refractivity contribution in [2.24, 2.45) is 0 Å². The van der Waals surface area contributed by atoms with Crippen molar-refractivity contribution in [2.75, 3.05) is 13.2 Å². The van der Waals surface area contributed by atoms with E-state index in [1.54, 1.807) is 30.8 Å². The second kappa shape index (κ2) is 12.1. The standard InChI is InChI=1S/C43H36BrNO4S/c1-5-45-27(3)28(4)50-43(31-16-9-7-10-17-31,32-18-11-8-12-19-32)42-35-26-23-29-15-13-14-20-34(29)36(35)41(49-42,40(47)48-6-2)37(39(42)45)38(46)30-21-24-33(44)25-22-30/h7-26H,5-6H2,1-4H3/t41-,42+/m0/s1. The van der Waals surface area contributed by atoms with Crippen LogP contribution in [0.15, 0.2) is 148 Å². The number of hydrogen-bond donors (Lipinski definition) is 0. The fourth-order valence-corrected chi connectivity index (χ4v) is 10.3. The molecule has 0 aromatic heterocycles. The van der Waals surface area contributed by atoms with Gasteiger partial charge in [0, 0.05) is 32.7 Å². The van der Waals surface area contributed by atoms with Crippen LogP contribution < -0.4 is 0 Å². The highest BCUT2D eigenvalue weighted by atomic mass is 79.9. The molecule has 1 spiro atoms. The lowest BCUT2D eigenvalue weighted by molar-refractivity contribution is -0.176. The number of fused-ring (bicyclic) bond motifs is 5. The van der Waals surface area contributed by atoms with Gasteiger partial charge in [-0.2, -0.15) is 0 Å². The van der Waals surface area contributed by atoms with Gasteiger partial charge < -0.3 is 14.4 Å². The molecular weight excluding hydrogens is 706 g/mol. The van der Waals surface area contributed by atoms with E-state index in [1.165, 1.54) is 0 Å². The summed E-state index contributed by atoms with van der Waals surface area (Å²) in [6, 6.07) is 40.4. The Morgan fingerprint density at radius 2 is 1.42 bits per heavy atom. The topological polar surface area (TPSA) is 55.8 Å². The quantitative estimate of drug-likeness (QED) is 0.122. The van der Waals surface area contributed by atoms with Gasteiger partial charge in [-0.05, 0) is 79.4 Å². The lowest BCUT2D eigenvalue weighted by atomic mass is 9.64. The van der Waals surface area contributed by atoms with Crippen LogP contribution in [-0.4, -0.2) is 29.8 Å². The van der Waals surface area contributed by atoms with Gasteiger partial charge >= 0.3 is 5.97 Å². The van der Waals surface area contributed by atoms with Gasteiger partial charge in [0.2, 0.25) is 5.60 Å². The largest absolute Gasteiger partial charge is 0.463 e. The van der Waals surface area contributed by atoms with E-state index in [0.717, 1.165) is 42.5 Å². The highest BCUT2D eigenvalue weighted by Gasteiger charge is 2.78. The molecule has 250 valence electrons. The Hall–Kier alpha value is -4.43. The Balaban J connectivity index is 1.65. The first-order valence-corrected chi connectivity index (χ1v) is 18.6. The smallest absolute Gasteiger partial charge is 0.348 e. The number of Topliss-reactive ketones (excluding diaryl/α,β-unsaturated/α-hetero) is 1. The van der Waals surface area contributed by atoms with E-state index >= 15 is 9.59 Å². The number of esters is 1. The van der Waals surface area contributed by atoms with Crippen molar-refractivity contribution < 1.29 is 19.1 Å². The molecule has 0 N–H and O–H groups in total. The molecule has 7 heteroatoms. The van der Waals surface area contributed by atoms with Crippen molar-refractivity contribution in [3.8, 4) is 0 Å². The number of benzene rings is 5. The van der Waals surface area contributed by atoms with E-state index in [4.69, 9.17) is 9.47 Å². The third kappa shape index (κ3) is 4.23. The SMILES string of the molecule is CCOC(=O)[C@@]12O[C@@]3(C(=C1C(=O)c1ccc(Br)cc1)N(CC)C(C)=C(C)SC3(c1ccccc1)c1ccccc1)c1ccc3ccccc3c12. The van der Waals surface area contributed by atoms with Crippen LogP contribution in [0.25, 0.3) is 10.8 Å². The number of nitrogens with zero attached hydrogens (tertiary/aromatic N) is 1. The molecule has 50 heavy (non-hydrogen) atoms.